The number of anilines is 2. The molecule has 0 saturated heterocycles. The van der Waals surface area contributed by atoms with E-state index in [1.165, 1.54) is 11.8 Å². The van der Waals surface area contributed by atoms with Crippen LogP contribution in [0.15, 0.2) is 82.6 Å². The summed E-state index contributed by atoms with van der Waals surface area (Å²) in [6.45, 7) is 2.57. The van der Waals surface area contributed by atoms with Gasteiger partial charge in [0.05, 0.1) is 17.9 Å². The fraction of sp³-hybridized carbons (Fsp3) is 0.200. The van der Waals surface area contributed by atoms with Gasteiger partial charge in [-0.15, -0.1) is 0 Å². The zero-order valence-corrected chi connectivity index (χ0v) is 18.7. The summed E-state index contributed by atoms with van der Waals surface area (Å²) in [5.74, 6) is 0.322. The Morgan fingerprint density at radius 3 is 2.56 bits per heavy atom. The summed E-state index contributed by atoms with van der Waals surface area (Å²) in [7, 11) is 1.61. The van der Waals surface area contributed by atoms with Crippen molar-refractivity contribution >= 4 is 35.0 Å². The van der Waals surface area contributed by atoms with Gasteiger partial charge in [0.2, 0.25) is 0 Å². The van der Waals surface area contributed by atoms with Gasteiger partial charge in [-0.25, -0.2) is 0 Å². The van der Waals surface area contributed by atoms with Gasteiger partial charge in [0, 0.05) is 29.1 Å². The first-order valence-electron chi connectivity index (χ1n) is 10.3. The molecule has 3 aromatic rings. The Labute approximate surface area is 191 Å². The molecule has 6 nitrogen and oxygen atoms in total. The summed E-state index contributed by atoms with van der Waals surface area (Å²) < 4.78 is 10.9. The summed E-state index contributed by atoms with van der Waals surface area (Å²) in [5, 5.41) is 2.92. The van der Waals surface area contributed by atoms with E-state index in [0.29, 0.717) is 30.2 Å². The van der Waals surface area contributed by atoms with Crippen molar-refractivity contribution in [3.8, 4) is 5.75 Å². The van der Waals surface area contributed by atoms with Crippen LogP contribution in [0.1, 0.15) is 17.3 Å². The Balaban J connectivity index is 1.58. The van der Waals surface area contributed by atoms with Crippen molar-refractivity contribution in [3.05, 3.63) is 78.4 Å². The highest BCUT2D eigenvalue weighted by Gasteiger charge is 2.27. The van der Waals surface area contributed by atoms with Crippen LogP contribution >= 0.6 is 11.8 Å². The van der Waals surface area contributed by atoms with E-state index in [1.54, 1.807) is 25.0 Å². The van der Waals surface area contributed by atoms with Gasteiger partial charge in [0.15, 0.2) is 6.10 Å². The molecular weight excluding hydrogens is 424 g/mol. The highest BCUT2D eigenvalue weighted by molar-refractivity contribution is 7.99. The molecule has 0 bridgehead atoms. The predicted molar refractivity (Wildman–Crippen MR) is 126 cm³/mol. The summed E-state index contributed by atoms with van der Waals surface area (Å²) in [5.41, 5.74) is 2.09. The molecule has 0 spiro atoms. The molecule has 1 atom stereocenters. The van der Waals surface area contributed by atoms with Gasteiger partial charge in [-0.3, -0.25) is 9.59 Å². The lowest BCUT2D eigenvalue weighted by Crippen LogP contribution is -2.34. The summed E-state index contributed by atoms with van der Waals surface area (Å²) in [6.07, 6.45) is -0.663. The minimum atomic E-state index is -0.663. The molecule has 0 aliphatic carbocycles. The molecule has 4 rings (SSSR count). The molecule has 164 valence electrons. The van der Waals surface area contributed by atoms with E-state index in [4.69, 9.17) is 9.47 Å². The van der Waals surface area contributed by atoms with Gasteiger partial charge in [-0.2, -0.15) is 0 Å². The largest absolute Gasteiger partial charge is 0.481 e. The Morgan fingerprint density at radius 2 is 1.78 bits per heavy atom. The van der Waals surface area contributed by atoms with Gasteiger partial charge < -0.3 is 19.7 Å². The highest BCUT2D eigenvalue weighted by Crippen LogP contribution is 2.42. The van der Waals surface area contributed by atoms with E-state index in [0.717, 1.165) is 15.5 Å². The van der Waals surface area contributed by atoms with E-state index in [1.807, 2.05) is 66.7 Å². The van der Waals surface area contributed by atoms with Crippen molar-refractivity contribution in [1.82, 2.24) is 0 Å². The molecule has 1 aliphatic heterocycles. The first kappa shape index (κ1) is 21.9. The second kappa shape index (κ2) is 9.89. The van der Waals surface area contributed by atoms with Crippen molar-refractivity contribution in [2.45, 2.75) is 22.8 Å². The highest BCUT2D eigenvalue weighted by atomic mass is 32.2. The average molecular weight is 449 g/mol. The van der Waals surface area contributed by atoms with Gasteiger partial charge in [0.1, 0.15) is 5.75 Å². The lowest BCUT2D eigenvalue weighted by molar-refractivity contribution is -0.122. The van der Waals surface area contributed by atoms with Crippen LogP contribution in [-0.2, 0) is 9.53 Å². The fourth-order valence-electron chi connectivity index (χ4n) is 3.41. The van der Waals surface area contributed by atoms with E-state index < -0.39 is 6.10 Å². The first-order chi connectivity index (χ1) is 15.6. The molecular formula is C25H24N2O4S. The van der Waals surface area contributed by atoms with Gasteiger partial charge in [-0.1, -0.05) is 42.1 Å². The average Bonchev–Trinajstić information content (AvgIpc) is 2.92. The van der Waals surface area contributed by atoms with E-state index in [2.05, 4.69) is 5.32 Å². The molecule has 2 amide bonds. The Kier molecular flexibility index (Phi) is 6.78. The quantitative estimate of drug-likeness (QED) is 0.560. The third-order valence-electron chi connectivity index (χ3n) is 5.04. The van der Waals surface area contributed by atoms with Crippen molar-refractivity contribution in [3.63, 3.8) is 0 Å². The number of hydrogen-bond donors (Lipinski definition) is 1. The standard InChI is InChI=1S/C25H24N2O4S/c1-17(31-19-8-4-3-5-9-19)24(28)26-18-12-13-21-23(16-18)32-22-11-7-6-10-20(22)25(29)27(21)14-15-30-2/h3-13,16-17H,14-15H2,1-2H3,(H,26,28)/t17-/m1/s1. The zero-order valence-electron chi connectivity index (χ0n) is 17.9. The van der Waals surface area contributed by atoms with Crippen LogP contribution in [-0.4, -0.2) is 38.2 Å². The number of fused-ring (bicyclic) bond motifs is 2. The van der Waals surface area contributed by atoms with Crippen LogP contribution in [0, 0.1) is 0 Å². The summed E-state index contributed by atoms with van der Waals surface area (Å²) in [6, 6.07) is 22.3. The normalized spacial score (nSPS) is 13.6. The van der Waals surface area contributed by atoms with Crippen molar-refractivity contribution < 1.29 is 19.1 Å². The number of benzene rings is 3. The molecule has 1 aliphatic rings. The molecule has 3 aromatic carbocycles. The number of amides is 2. The Morgan fingerprint density at radius 1 is 1.03 bits per heavy atom. The van der Waals surface area contributed by atoms with Crippen molar-refractivity contribution in [1.29, 1.82) is 0 Å². The van der Waals surface area contributed by atoms with Crippen LogP contribution < -0.4 is 15.0 Å². The van der Waals surface area contributed by atoms with Gasteiger partial charge >= 0.3 is 0 Å². The molecule has 32 heavy (non-hydrogen) atoms. The van der Waals surface area contributed by atoms with E-state index >= 15 is 0 Å². The van der Waals surface area contributed by atoms with Crippen molar-refractivity contribution in [2.75, 3.05) is 30.5 Å². The number of nitrogens with one attached hydrogen (secondary N) is 1. The van der Waals surface area contributed by atoms with E-state index in [9.17, 15) is 9.59 Å². The van der Waals surface area contributed by atoms with Crippen LogP contribution in [0.25, 0.3) is 0 Å². The number of rotatable bonds is 7. The molecule has 0 unspecified atom stereocenters. The van der Waals surface area contributed by atoms with Crippen LogP contribution in [0.4, 0.5) is 11.4 Å². The van der Waals surface area contributed by atoms with Gasteiger partial charge in [-0.05, 0) is 49.4 Å². The molecule has 1 N–H and O–H groups in total. The number of ether oxygens (including phenoxy) is 2. The molecule has 0 aromatic heterocycles. The van der Waals surface area contributed by atoms with E-state index in [-0.39, 0.29) is 11.8 Å². The topological polar surface area (TPSA) is 67.9 Å². The first-order valence-corrected chi connectivity index (χ1v) is 11.1. The summed E-state index contributed by atoms with van der Waals surface area (Å²) >= 11 is 1.51. The third kappa shape index (κ3) is 4.79. The molecule has 0 fully saturated rings. The predicted octanol–water partition coefficient (Wildman–Crippen LogP) is 4.85. The lowest BCUT2D eigenvalue weighted by atomic mass is 10.1. The van der Waals surface area contributed by atoms with Crippen LogP contribution in [0.2, 0.25) is 0 Å². The monoisotopic (exact) mass is 448 g/mol. The Bertz CT molecular complexity index is 1120. The minimum absolute atomic E-state index is 0.0643. The molecule has 0 saturated carbocycles. The number of carbonyl (C=O) groups excluding carboxylic acids is 2. The lowest BCUT2D eigenvalue weighted by Gasteiger charge is -2.23. The maximum Gasteiger partial charge on any atom is 0.265 e. The van der Waals surface area contributed by atoms with Crippen LogP contribution in [0.3, 0.4) is 0 Å². The van der Waals surface area contributed by atoms with Crippen molar-refractivity contribution in [2.24, 2.45) is 0 Å². The summed E-state index contributed by atoms with van der Waals surface area (Å²) in [4.78, 5) is 29.4. The second-order valence-electron chi connectivity index (χ2n) is 7.29. The van der Waals surface area contributed by atoms with Gasteiger partial charge in [0.25, 0.3) is 11.8 Å². The zero-order chi connectivity index (χ0) is 22.5. The smallest absolute Gasteiger partial charge is 0.265 e. The SMILES string of the molecule is COCCN1C(=O)c2ccccc2Sc2cc(NC(=O)[C@@H](C)Oc3ccccc3)ccc21. The number of methoxy groups -OCH3 is 1. The molecule has 1 heterocycles. The molecule has 7 heteroatoms. The second-order valence-corrected chi connectivity index (χ2v) is 8.38. The number of para-hydroxylation sites is 1. The van der Waals surface area contributed by atoms with Crippen LogP contribution in [0.5, 0.6) is 5.75 Å². The minimum Gasteiger partial charge on any atom is -0.481 e. The fourth-order valence-corrected chi connectivity index (χ4v) is 4.52. The number of carbonyl (C=O) groups is 2. The number of nitrogens with zero attached hydrogens (tertiary/aromatic N) is 1. The maximum absolute atomic E-state index is 13.2. The maximum atomic E-state index is 13.2. The molecule has 0 radical (unpaired) electrons. The number of hydrogen-bond acceptors (Lipinski definition) is 5. The third-order valence-corrected chi connectivity index (χ3v) is 6.17. The Hall–Kier alpha value is -3.29.